The van der Waals surface area contributed by atoms with Gasteiger partial charge in [-0.3, -0.25) is 0 Å². The van der Waals surface area contributed by atoms with Crippen LogP contribution >= 0.6 is 0 Å². The molecule has 0 radical (unpaired) electrons. The van der Waals surface area contributed by atoms with E-state index in [2.05, 4.69) is 54.5 Å². The summed E-state index contributed by atoms with van der Waals surface area (Å²) in [5.41, 5.74) is 3.14. The molecule has 0 saturated heterocycles. The highest BCUT2D eigenvalue weighted by molar-refractivity contribution is 6.95. The number of benzene rings is 1. The highest BCUT2D eigenvalue weighted by Crippen LogP contribution is 2.42. The Kier molecular flexibility index (Phi) is 4.65. The molecular formula is C16H28OSi. The number of phenolic OH excluding ortho intramolecular Hbond substituents is 1. The second-order valence-corrected chi connectivity index (χ2v) is 12.3. The van der Waals surface area contributed by atoms with Crippen molar-refractivity contribution in [3.8, 4) is 5.75 Å². The minimum Gasteiger partial charge on any atom is -0.508 e. The minimum absolute atomic E-state index is 0.503. The van der Waals surface area contributed by atoms with Crippen LogP contribution in [0.15, 0.2) is 18.2 Å². The topological polar surface area (TPSA) is 20.2 Å². The van der Waals surface area contributed by atoms with Crippen molar-refractivity contribution in [1.29, 1.82) is 0 Å². The van der Waals surface area contributed by atoms with Crippen LogP contribution in [0.3, 0.4) is 0 Å². The number of phenols is 1. The first-order valence-electron chi connectivity index (χ1n) is 7.04. The summed E-state index contributed by atoms with van der Waals surface area (Å²) in [5.74, 6) is 0.503. The van der Waals surface area contributed by atoms with Gasteiger partial charge in [-0.25, -0.2) is 0 Å². The summed E-state index contributed by atoms with van der Waals surface area (Å²) in [6, 6.07) is 6.10. The molecule has 0 fully saturated rings. The monoisotopic (exact) mass is 264 g/mol. The van der Waals surface area contributed by atoms with Crippen molar-refractivity contribution in [2.24, 2.45) is 0 Å². The third kappa shape index (κ3) is 2.35. The third-order valence-corrected chi connectivity index (χ3v) is 11.6. The van der Waals surface area contributed by atoms with E-state index in [-0.39, 0.29) is 0 Å². The molecule has 0 unspecified atom stereocenters. The summed E-state index contributed by atoms with van der Waals surface area (Å²) >= 11 is 0. The second kappa shape index (κ2) is 5.48. The first kappa shape index (κ1) is 15.3. The minimum atomic E-state index is -1.73. The molecule has 0 bridgehead atoms. The SMILES string of the molecule is Cc1ccc(O)c([Si](C(C)C)(C(C)C)C(C)C)c1. The van der Waals surface area contributed by atoms with E-state index >= 15 is 0 Å². The lowest BCUT2D eigenvalue weighted by Gasteiger charge is -2.44. The Morgan fingerprint density at radius 3 is 1.72 bits per heavy atom. The second-order valence-electron chi connectivity index (χ2n) is 6.42. The maximum Gasteiger partial charge on any atom is 0.114 e. The van der Waals surface area contributed by atoms with Gasteiger partial charge in [0.1, 0.15) is 5.75 Å². The van der Waals surface area contributed by atoms with Crippen LogP contribution in [0.25, 0.3) is 0 Å². The van der Waals surface area contributed by atoms with Gasteiger partial charge in [0.15, 0.2) is 0 Å². The van der Waals surface area contributed by atoms with Crippen molar-refractivity contribution >= 4 is 13.3 Å². The molecule has 1 N–H and O–H groups in total. The fourth-order valence-corrected chi connectivity index (χ4v) is 10.8. The molecular weight excluding hydrogens is 236 g/mol. The van der Waals surface area contributed by atoms with Gasteiger partial charge in [-0.15, -0.1) is 0 Å². The Labute approximate surface area is 113 Å². The predicted molar refractivity (Wildman–Crippen MR) is 83.5 cm³/mol. The first-order valence-corrected chi connectivity index (χ1v) is 9.27. The molecule has 1 nitrogen and oxygen atoms in total. The van der Waals surface area contributed by atoms with Crippen LogP contribution in [0.4, 0.5) is 0 Å². The van der Waals surface area contributed by atoms with Crippen LogP contribution in [-0.2, 0) is 0 Å². The number of aromatic hydroxyl groups is 1. The van der Waals surface area contributed by atoms with E-state index in [4.69, 9.17) is 0 Å². The highest BCUT2D eigenvalue weighted by atomic mass is 28.3. The van der Waals surface area contributed by atoms with Gasteiger partial charge in [0.25, 0.3) is 0 Å². The zero-order valence-electron chi connectivity index (χ0n) is 12.9. The van der Waals surface area contributed by atoms with Crippen molar-refractivity contribution in [1.82, 2.24) is 0 Å². The summed E-state index contributed by atoms with van der Waals surface area (Å²) in [6.07, 6.45) is 0. The maximum atomic E-state index is 10.4. The molecule has 0 aliphatic heterocycles. The fourth-order valence-electron chi connectivity index (χ4n) is 3.93. The summed E-state index contributed by atoms with van der Waals surface area (Å²) < 4.78 is 0. The van der Waals surface area contributed by atoms with Gasteiger partial charge in [0.2, 0.25) is 0 Å². The smallest absolute Gasteiger partial charge is 0.114 e. The molecule has 1 aromatic carbocycles. The predicted octanol–water partition coefficient (Wildman–Crippen LogP) is 4.59. The van der Waals surface area contributed by atoms with Crippen molar-refractivity contribution in [3.05, 3.63) is 23.8 Å². The normalized spacial score (nSPS) is 12.8. The number of hydrogen-bond donors (Lipinski definition) is 1. The van der Waals surface area contributed by atoms with Crippen LogP contribution in [-0.4, -0.2) is 13.2 Å². The molecule has 0 heterocycles. The maximum absolute atomic E-state index is 10.4. The Morgan fingerprint density at radius 1 is 0.889 bits per heavy atom. The summed E-state index contributed by atoms with van der Waals surface area (Å²) in [5, 5.41) is 11.6. The Bertz CT molecular complexity index is 386. The van der Waals surface area contributed by atoms with Gasteiger partial charge in [-0.1, -0.05) is 59.2 Å². The van der Waals surface area contributed by atoms with E-state index in [1.54, 1.807) is 0 Å². The Morgan fingerprint density at radius 2 is 1.33 bits per heavy atom. The van der Waals surface area contributed by atoms with Crippen LogP contribution in [0.1, 0.15) is 47.1 Å². The standard InChI is InChI=1S/C16H28OSi/c1-11(2)18(12(3)4,13(5)6)16-10-14(7)8-9-15(16)17/h8-13,17H,1-7H3. The van der Waals surface area contributed by atoms with E-state index in [0.29, 0.717) is 22.4 Å². The summed E-state index contributed by atoms with van der Waals surface area (Å²) in [4.78, 5) is 0. The zero-order chi connectivity index (χ0) is 14.1. The average molecular weight is 264 g/mol. The number of hydrogen-bond acceptors (Lipinski definition) is 1. The van der Waals surface area contributed by atoms with Crippen LogP contribution in [0.5, 0.6) is 5.75 Å². The molecule has 0 aliphatic carbocycles. The lowest BCUT2D eigenvalue weighted by molar-refractivity contribution is 0.478. The average Bonchev–Trinajstić information content (AvgIpc) is 2.22. The molecule has 2 heteroatoms. The van der Waals surface area contributed by atoms with Crippen molar-refractivity contribution in [2.75, 3.05) is 0 Å². The lowest BCUT2D eigenvalue weighted by atomic mass is 10.2. The molecule has 0 atom stereocenters. The van der Waals surface area contributed by atoms with E-state index < -0.39 is 8.07 Å². The Balaban J connectivity index is 3.56. The van der Waals surface area contributed by atoms with E-state index in [9.17, 15) is 5.11 Å². The van der Waals surface area contributed by atoms with Gasteiger partial charge in [0, 0.05) is 0 Å². The van der Waals surface area contributed by atoms with Crippen molar-refractivity contribution in [2.45, 2.75) is 65.1 Å². The molecule has 18 heavy (non-hydrogen) atoms. The van der Waals surface area contributed by atoms with E-state index in [1.165, 1.54) is 10.8 Å². The molecule has 0 aliphatic rings. The van der Waals surface area contributed by atoms with Crippen LogP contribution < -0.4 is 5.19 Å². The number of rotatable bonds is 4. The third-order valence-electron chi connectivity index (χ3n) is 4.48. The van der Waals surface area contributed by atoms with Gasteiger partial charge in [-0.2, -0.15) is 0 Å². The quantitative estimate of drug-likeness (QED) is 0.789. The van der Waals surface area contributed by atoms with Crippen molar-refractivity contribution in [3.63, 3.8) is 0 Å². The van der Waals surface area contributed by atoms with Gasteiger partial charge in [0.05, 0.1) is 8.07 Å². The largest absolute Gasteiger partial charge is 0.508 e. The van der Waals surface area contributed by atoms with E-state index in [1.807, 2.05) is 12.1 Å². The molecule has 1 rings (SSSR count). The summed E-state index contributed by atoms with van der Waals surface area (Å²) in [6.45, 7) is 16.1. The van der Waals surface area contributed by atoms with Crippen molar-refractivity contribution < 1.29 is 5.11 Å². The molecule has 0 amide bonds. The van der Waals surface area contributed by atoms with Crippen LogP contribution in [0.2, 0.25) is 16.6 Å². The fraction of sp³-hybridized carbons (Fsp3) is 0.625. The molecule has 0 spiro atoms. The van der Waals surface area contributed by atoms with Gasteiger partial charge in [-0.05, 0) is 34.8 Å². The lowest BCUT2D eigenvalue weighted by Crippen LogP contribution is -2.55. The Hall–Kier alpha value is -0.763. The molecule has 102 valence electrons. The highest BCUT2D eigenvalue weighted by Gasteiger charge is 2.45. The molecule has 0 saturated carbocycles. The summed E-state index contributed by atoms with van der Waals surface area (Å²) in [7, 11) is -1.73. The van der Waals surface area contributed by atoms with Crippen LogP contribution in [0, 0.1) is 6.92 Å². The number of aryl methyl sites for hydroxylation is 1. The molecule has 1 aromatic rings. The zero-order valence-corrected chi connectivity index (χ0v) is 13.9. The van der Waals surface area contributed by atoms with Gasteiger partial charge >= 0.3 is 0 Å². The van der Waals surface area contributed by atoms with E-state index in [0.717, 1.165) is 0 Å². The molecule has 0 aromatic heterocycles. The van der Waals surface area contributed by atoms with Gasteiger partial charge < -0.3 is 5.11 Å². The first-order chi connectivity index (χ1) is 8.24.